The Morgan fingerprint density at radius 1 is 1.36 bits per heavy atom. The molecule has 0 aromatic carbocycles. The van der Waals surface area contributed by atoms with Gasteiger partial charge < -0.3 is 14.9 Å². The summed E-state index contributed by atoms with van der Waals surface area (Å²) in [4.78, 5) is 17.6. The first kappa shape index (κ1) is 17.9. The molecule has 136 valence electrons. The van der Waals surface area contributed by atoms with Crippen LogP contribution in [0, 0.1) is 5.92 Å². The second-order valence-electron chi connectivity index (χ2n) is 7.61. The number of fused-ring (bicyclic) bond motifs is 1. The van der Waals surface area contributed by atoms with Crippen LogP contribution in [0.3, 0.4) is 0 Å². The van der Waals surface area contributed by atoms with Crippen molar-refractivity contribution in [2.24, 2.45) is 5.92 Å². The molecule has 1 amide bonds. The first-order chi connectivity index (χ1) is 11.9. The Labute approximate surface area is 148 Å². The third kappa shape index (κ3) is 3.68. The Kier molecular flexibility index (Phi) is 5.08. The van der Waals surface area contributed by atoms with Gasteiger partial charge in [-0.1, -0.05) is 32.9 Å². The van der Waals surface area contributed by atoms with Gasteiger partial charge in [-0.2, -0.15) is 0 Å². The average molecular weight is 345 g/mol. The van der Waals surface area contributed by atoms with Crippen LogP contribution in [0.2, 0.25) is 0 Å². The second-order valence-corrected chi connectivity index (χ2v) is 7.61. The molecule has 1 atom stereocenters. The van der Waals surface area contributed by atoms with Gasteiger partial charge >= 0.3 is 0 Å². The molecule has 3 rings (SSSR count). The molecule has 0 bridgehead atoms. The summed E-state index contributed by atoms with van der Waals surface area (Å²) >= 11 is 0. The summed E-state index contributed by atoms with van der Waals surface area (Å²) in [6.45, 7) is 8.17. The molecule has 0 radical (unpaired) electrons. The number of aromatic nitrogens is 2. The zero-order valence-corrected chi connectivity index (χ0v) is 15.4. The number of aliphatic hydroxyl groups excluding tert-OH is 1. The van der Waals surface area contributed by atoms with E-state index >= 15 is 0 Å². The van der Waals surface area contributed by atoms with Crippen molar-refractivity contribution in [3.05, 3.63) is 23.0 Å². The molecule has 2 heterocycles. The molecule has 2 N–H and O–H groups in total. The molecular weight excluding hydrogens is 318 g/mol. The van der Waals surface area contributed by atoms with Gasteiger partial charge in [-0.25, -0.2) is 4.98 Å². The molecule has 0 saturated heterocycles. The number of pyridine rings is 1. The molecule has 1 unspecified atom stereocenters. The summed E-state index contributed by atoms with van der Waals surface area (Å²) in [6.07, 6.45) is 2.74. The number of rotatable bonds is 7. The zero-order chi connectivity index (χ0) is 18.1. The minimum absolute atomic E-state index is 0.0483. The molecule has 1 aliphatic carbocycles. The molecule has 1 aliphatic rings. The van der Waals surface area contributed by atoms with E-state index in [1.54, 1.807) is 0 Å². The van der Waals surface area contributed by atoms with Crippen LogP contribution in [-0.4, -0.2) is 33.8 Å². The predicted molar refractivity (Wildman–Crippen MR) is 95.7 cm³/mol. The highest BCUT2D eigenvalue weighted by molar-refractivity contribution is 6.06. The van der Waals surface area contributed by atoms with Crippen LogP contribution in [0.4, 0.5) is 0 Å². The number of amides is 1. The quantitative estimate of drug-likeness (QED) is 0.803. The van der Waals surface area contributed by atoms with Crippen LogP contribution in [-0.2, 0) is 0 Å². The molecule has 0 spiro atoms. The summed E-state index contributed by atoms with van der Waals surface area (Å²) < 4.78 is 5.44. The Bertz CT molecular complexity index is 763. The minimum Gasteiger partial charge on any atom is -0.396 e. The van der Waals surface area contributed by atoms with Crippen molar-refractivity contribution in [2.75, 3.05) is 6.61 Å². The van der Waals surface area contributed by atoms with Crippen molar-refractivity contribution in [1.29, 1.82) is 0 Å². The minimum atomic E-state index is -0.147. The SMILES string of the molecule is CC(C)c1noc2nc(C3CC3)cc(C(=O)NC(CCO)C(C)C)c12. The lowest BCUT2D eigenvalue weighted by Crippen LogP contribution is -2.39. The average Bonchev–Trinajstić information content (AvgIpc) is 3.32. The van der Waals surface area contributed by atoms with E-state index in [9.17, 15) is 9.90 Å². The van der Waals surface area contributed by atoms with Crippen molar-refractivity contribution in [3.63, 3.8) is 0 Å². The van der Waals surface area contributed by atoms with Crippen molar-refractivity contribution in [2.45, 2.75) is 64.8 Å². The van der Waals surface area contributed by atoms with Crippen LogP contribution >= 0.6 is 0 Å². The zero-order valence-electron chi connectivity index (χ0n) is 15.4. The van der Waals surface area contributed by atoms with Crippen molar-refractivity contribution >= 4 is 17.0 Å². The first-order valence-corrected chi connectivity index (χ1v) is 9.14. The second kappa shape index (κ2) is 7.12. The van der Waals surface area contributed by atoms with Crippen LogP contribution < -0.4 is 5.32 Å². The Balaban J connectivity index is 2.02. The van der Waals surface area contributed by atoms with E-state index in [1.807, 2.05) is 33.8 Å². The van der Waals surface area contributed by atoms with Gasteiger partial charge in [0.2, 0.25) is 0 Å². The lowest BCUT2D eigenvalue weighted by atomic mass is 9.98. The van der Waals surface area contributed by atoms with Gasteiger partial charge in [-0.3, -0.25) is 4.79 Å². The van der Waals surface area contributed by atoms with E-state index in [-0.39, 0.29) is 30.4 Å². The molecule has 0 aliphatic heterocycles. The van der Waals surface area contributed by atoms with E-state index in [0.29, 0.717) is 29.0 Å². The van der Waals surface area contributed by atoms with Crippen molar-refractivity contribution < 1.29 is 14.4 Å². The van der Waals surface area contributed by atoms with Gasteiger partial charge in [0.1, 0.15) is 0 Å². The number of carbonyl (C=O) groups is 1. The smallest absolute Gasteiger partial charge is 0.259 e. The highest BCUT2D eigenvalue weighted by Crippen LogP contribution is 2.41. The molecule has 1 saturated carbocycles. The molecule has 2 aromatic rings. The number of carbonyl (C=O) groups excluding carboxylic acids is 1. The number of nitrogens with zero attached hydrogens (tertiary/aromatic N) is 2. The van der Waals surface area contributed by atoms with Gasteiger partial charge in [0.05, 0.1) is 16.6 Å². The first-order valence-electron chi connectivity index (χ1n) is 9.14. The monoisotopic (exact) mass is 345 g/mol. The lowest BCUT2D eigenvalue weighted by Gasteiger charge is -2.22. The van der Waals surface area contributed by atoms with Gasteiger partial charge in [-0.15, -0.1) is 0 Å². The topological polar surface area (TPSA) is 88.2 Å². The summed E-state index contributed by atoms with van der Waals surface area (Å²) in [5.41, 5.74) is 2.70. The summed E-state index contributed by atoms with van der Waals surface area (Å²) in [5, 5.41) is 17.2. The van der Waals surface area contributed by atoms with Gasteiger partial charge in [0.25, 0.3) is 11.6 Å². The molecule has 2 aromatic heterocycles. The maximum absolute atomic E-state index is 13.0. The molecule has 1 fully saturated rings. The molecule has 6 nitrogen and oxygen atoms in total. The van der Waals surface area contributed by atoms with Crippen molar-refractivity contribution in [3.8, 4) is 0 Å². The Morgan fingerprint density at radius 3 is 2.64 bits per heavy atom. The van der Waals surface area contributed by atoms with E-state index in [4.69, 9.17) is 4.52 Å². The number of aliphatic hydroxyl groups is 1. The fourth-order valence-electron chi connectivity index (χ4n) is 3.11. The van der Waals surface area contributed by atoms with Crippen molar-refractivity contribution in [1.82, 2.24) is 15.5 Å². The van der Waals surface area contributed by atoms with E-state index in [0.717, 1.165) is 24.2 Å². The fraction of sp³-hybridized carbons (Fsp3) is 0.632. The van der Waals surface area contributed by atoms with Crippen LogP contribution in [0.25, 0.3) is 11.1 Å². The van der Waals surface area contributed by atoms with E-state index < -0.39 is 0 Å². The Morgan fingerprint density at radius 2 is 2.08 bits per heavy atom. The maximum Gasteiger partial charge on any atom is 0.259 e. The normalized spacial score (nSPS) is 16.0. The largest absolute Gasteiger partial charge is 0.396 e. The molecular formula is C19H27N3O3. The standard InChI is InChI=1S/C19H27N3O3/c1-10(2)14(7-8-23)20-18(24)13-9-15(12-5-6-12)21-19-16(13)17(11(3)4)22-25-19/h9-12,14,23H,5-8H2,1-4H3,(H,20,24). The fourth-order valence-corrected chi connectivity index (χ4v) is 3.11. The number of hydrogen-bond acceptors (Lipinski definition) is 5. The Hall–Kier alpha value is -1.95. The summed E-state index contributed by atoms with van der Waals surface area (Å²) in [6, 6.07) is 1.82. The summed E-state index contributed by atoms with van der Waals surface area (Å²) in [7, 11) is 0. The molecule has 6 heteroatoms. The number of hydrogen-bond donors (Lipinski definition) is 2. The van der Waals surface area contributed by atoms with E-state index in [2.05, 4.69) is 15.5 Å². The molecule has 25 heavy (non-hydrogen) atoms. The van der Waals surface area contributed by atoms with E-state index in [1.165, 1.54) is 0 Å². The lowest BCUT2D eigenvalue weighted by molar-refractivity contribution is 0.0918. The highest BCUT2D eigenvalue weighted by Gasteiger charge is 2.30. The van der Waals surface area contributed by atoms with Gasteiger partial charge in [-0.05, 0) is 37.2 Å². The predicted octanol–water partition coefficient (Wildman–Crippen LogP) is 3.36. The maximum atomic E-state index is 13.0. The third-order valence-electron chi connectivity index (χ3n) is 4.84. The number of nitrogens with one attached hydrogen (secondary N) is 1. The van der Waals surface area contributed by atoms with Gasteiger partial charge in [0, 0.05) is 24.3 Å². The third-order valence-corrected chi connectivity index (χ3v) is 4.84. The van der Waals surface area contributed by atoms with Crippen LogP contribution in [0.5, 0.6) is 0 Å². The van der Waals surface area contributed by atoms with Crippen LogP contribution in [0.15, 0.2) is 10.6 Å². The van der Waals surface area contributed by atoms with Gasteiger partial charge in [0.15, 0.2) is 0 Å². The van der Waals surface area contributed by atoms with Crippen LogP contribution in [0.1, 0.15) is 80.5 Å². The summed E-state index contributed by atoms with van der Waals surface area (Å²) in [5.74, 6) is 0.650. The highest BCUT2D eigenvalue weighted by atomic mass is 16.5.